The lowest BCUT2D eigenvalue weighted by atomic mass is 10.1. The van der Waals surface area contributed by atoms with Crippen molar-refractivity contribution < 1.29 is 17.7 Å². The molecule has 0 spiro atoms. The molecule has 158 valence electrons. The molecule has 1 aliphatic rings. The largest absolute Gasteiger partial charge is 0.334 e. The van der Waals surface area contributed by atoms with Crippen LogP contribution in [0.1, 0.15) is 40.9 Å². The molecule has 2 aromatic heterocycles. The Balaban J connectivity index is 1.57. The number of rotatable bonds is 6. The van der Waals surface area contributed by atoms with Gasteiger partial charge in [-0.15, -0.1) is 11.3 Å². The zero-order valence-electron chi connectivity index (χ0n) is 16.7. The molecule has 0 saturated carbocycles. The van der Waals surface area contributed by atoms with Gasteiger partial charge in [-0.1, -0.05) is 24.2 Å². The van der Waals surface area contributed by atoms with Crippen molar-refractivity contribution in [1.29, 1.82) is 0 Å². The summed E-state index contributed by atoms with van der Waals surface area (Å²) in [5, 5.41) is 3.88. The monoisotopic (exact) mass is 446 g/mol. The van der Waals surface area contributed by atoms with Crippen LogP contribution in [0.5, 0.6) is 0 Å². The van der Waals surface area contributed by atoms with E-state index in [4.69, 9.17) is 4.52 Å². The van der Waals surface area contributed by atoms with Gasteiger partial charge < -0.3 is 9.42 Å². The molecule has 1 fully saturated rings. The topological polar surface area (TPSA) is 105 Å². The van der Waals surface area contributed by atoms with Crippen LogP contribution in [0, 0.1) is 6.92 Å². The Morgan fingerprint density at radius 3 is 2.77 bits per heavy atom. The standard InChI is InChI=1S/C20H22N4O4S2/c1-3-14-7-6-8-15(11-14)23-30(26,27)17-12-16(29-13(17)2)18-21-19(28-22-18)20(25)24-9-4-5-10-24/h6-8,11-12,23H,3-5,9-10H2,1-2H3. The van der Waals surface area contributed by atoms with E-state index in [1.54, 1.807) is 17.9 Å². The zero-order chi connectivity index (χ0) is 21.3. The van der Waals surface area contributed by atoms with Crippen LogP contribution in [0.2, 0.25) is 0 Å². The molecule has 1 aromatic carbocycles. The van der Waals surface area contributed by atoms with E-state index in [1.807, 2.05) is 25.1 Å². The van der Waals surface area contributed by atoms with Crippen molar-refractivity contribution in [3.63, 3.8) is 0 Å². The molecule has 0 bridgehead atoms. The van der Waals surface area contributed by atoms with E-state index in [-0.39, 0.29) is 22.5 Å². The van der Waals surface area contributed by atoms with E-state index >= 15 is 0 Å². The number of likely N-dealkylation sites (tertiary alicyclic amines) is 1. The first-order valence-corrected chi connectivity index (χ1v) is 12.0. The van der Waals surface area contributed by atoms with E-state index in [2.05, 4.69) is 14.9 Å². The fraction of sp³-hybridized carbons (Fsp3) is 0.350. The van der Waals surface area contributed by atoms with Crippen LogP contribution in [0.25, 0.3) is 10.7 Å². The Labute approximate surface area is 179 Å². The number of carbonyl (C=O) groups is 1. The number of benzene rings is 1. The predicted molar refractivity (Wildman–Crippen MR) is 114 cm³/mol. The molecular weight excluding hydrogens is 424 g/mol. The number of anilines is 1. The Morgan fingerprint density at radius 1 is 1.27 bits per heavy atom. The van der Waals surface area contributed by atoms with Gasteiger partial charge in [0.25, 0.3) is 10.0 Å². The van der Waals surface area contributed by atoms with Crippen molar-refractivity contribution in [3.8, 4) is 10.7 Å². The van der Waals surface area contributed by atoms with E-state index in [0.29, 0.717) is 28.5 Å². The van der Waals surface area contributed by atoms with Gasteiger partial charge in [-0.05, 0) is 49.9 Å². The maximum atomic E-state index is 12.9. The summed E-state index contributed by atoms with van der Waals surface area (Å²) in [5.41, 5.74) is 1.56. The van der Waals surface area contributed by atoms with Crippen molar-refractivity contribution in [2.45, 2.75) is 38.0 Å². The van der Waals surface area contributed by atoms with Gasteiger partial charge in [-0.3, -0.25) is 9.52 Å². The molecule has 10 heteroatoms. The molecule has 1 saturated heterocycles. The summed E-state index contributed by atoms with van der Waals surface area (Å²) in [7, 11) is -3.78. The lowest BCUT2D eigenvalue weighted by Crippen LogP contribution is -2.27. The Hall–Kier alpha value is -2.72. The van der Waals surface area contributed by atoms with E-state index in [1.165, 1.54) is 17.4 Å². The summed E-state index contributed by atoms with van der Waals surface area (Å²) >= 11 is 1.24. The lowest BCUT2D eigenvalue weighted by molar-refractivity contribution is 0.0743. The smallest absolute Gasteiger partial charge is 0.316 e. The van der Waals surface area contributed by atoms with Gasteiger partial charge in [0.1, 0.15) is 4.90 Å². The summed E-state index contributed by atoms with van der Waals surface area (Å²) < 4.78 is 33.6. The van der Waals surface area contributed by atoms with Crippen molar-refractivity contribution >= 4 is 33.0 Å². The third-order valence-corrected chi connectivity index (χ3v) is 7.65. The van der Waals surface area contributed by atoms with Crippen molar-refractivity contribution in [1.82, 2.24) is 15.0 Å². The van der Waals surface area contributed by atoms with Gasteiger partial charge in [0.05, 0.1) is 4.88 Å². The molecular formula is C20H22N4O4S2. The number of nitrogens with one attached hydrogen (secondary N) is 1. The Morgan fingerprint density at radius 2 is 2.03 bits per heavy atom. The summed E-state index contributed by atoms with van der Waals surface area (Å²) in [6.45, 7) is 5.10. The number of sulfonamides is 1. The fourth-order valence-corrected chi connectivity index (χ4v) is 5.94. The molecule has 3 heterocycles. The molecule has 4 rings (SSSR count). The molecule has 8 nitrogen and oxygen atoms in total. The van der Waals surface area contributed by atoms with Gasteiger partial charge >= 0.3 is 11.8 Å². The van der Waals surface area contributed by atoms with Gasteiger partial charge in [0.15, 0.2) is 0 Å². The van der Waals surface area contributed by atoms with E-state index < -0.39 is 10.0 Å². The highest BCUT2D eigenvalue weighted by atomic mass is 32.2. The number of amides is 1. The minimum absolute atomic E-state index is 0.0723. The zero-order valence-corrected chi connectivity index (χ0v) is 18.3. The predicted octanol–water partition coefficient (Wildman–Crippen LogP) is 3.71. The Kier molecular flexibility index (Phi) is 5.61. The summed E-state index contributed by atoms with van der Waals surface area (Å²) in [6, 6.07) is 8.81. The SMILES string of the molecule is CCc1cccc(NS(=O)(=O)c2cc(-c3noc(C(=O)N4CCCC4)n3)sc2C)c1. The van der Waals surface area contributed by atoms with Crippen molar-refractivity contribution in [3.05, 3.63) is 46.7 Å². The van der Waals surface area contributed by atoms with Crippen molar-refractivity contribution in [2.75, 3.05) is 17.8 Å². The molecule has 1 aliphatic heterocycles. The molecule has 0 atom stereocenters. The highest BCUT2D eigenvalue weighted by Gasteiger charge is 2.27. The first kappa shape index (κ1) is 20.5. The second-order valence-corrected chi connectivity index (χ2v) is 10.0. The third kappa shape index (κ3) is 4.10. The summed E-state index contributed by atoms with van der Waals surface area (Å²) in [4.78, 5) is 19.6. The first-order chi connectivity index (χ1) is 14.4. The average Bonchev–Trinajstić information content (AvgIpc) is 3.47. The highest BCUT2D eigenvalue weighted by Crippen LogP contribution is 2.33. The van der Waals surface area contributed by atoms with Gasteiger partial charge in [0.2, 0.25) is 5.82 Å². The molecule has 0 radical (unpaired) electrons. The number of thiophene rings is 1. The van der Waals surface area contributed by atoms with Crippen LogP contribution in [0.3, 0.4) is 0 Å². The number of hydrogen-bond donors (Lipinski definition) is 1. The van der Waals surface area contributed by atoms with Gasteiger partial charge in [-0.25, -0.2) is 8.42 Å². The van der Waals surface area contributed by atoms with Crippen LogP contribution >= 0.6 is 11.3 Å². The maximum absolute atomic E-state index is 12.9. The summed E-state index contributed by atoms with van der Waals surface area (Å²) in [5.74, 6) is -0.151. The van der Waals surface area contributed by atoms with Crippen LogP contribution in [0.4, 0.5) is 5.69 Å². The highest BCUT2D eigenvalue weighted by molar-refractivity contribution is 7.93. The molecule has 0 unspecified atom stereocenters. The number of carbonyl (C=O) groups excluding carboxylic acids is 1. The Bertz CT molecular complexity index is 1180. The minimum Gasteiger partial charge on any atom is -0.334 e. The van der Waals surface area contributed by atoms with E-state index in [0.717, 1.165) is 24.8 Å². The van der Waals surface area contributed by atoms with Gasteiger partial charge in [-0.2, -0.15) is 4.98 Å². The first-order valence-electron chi connectivity index (χ1n) is 9.73. The third-order valence-electron chi connectivity index (χ3n) is 4.97. The second-order valence-electron chi connectivity index (χ2n) is 7.11. The maximum Gasteiger partial charge on any atom is 0.316 e. The second kappa shape index (κ2) is 8.19. The quantitative estimate of drug-likeness (QED) is 0.619. The number of aryl methyl sites for hydroxylation is 2. The van der Waals surface area contributed by atoms with Crippen LogP contribution in [-0.2, 0) is 16.4 Å². The van der Waals surface area contributed by atoms with Crippen LogP contribution in [0.15, 0.2) is 39.8 Å². The average molecular weight is 447 g/mol. The molecule has 1 amide bonds. The van der Waals surface area contributed by atoms with Crippen LogP contribution in [-0.4, -0.2) is 42.5 Å². The molecule has 0 aliphatic carbocycles. The van der Waals surface area contributed by atoms with Crippen molar-refractivity contribution in [2.24, 2.45) is 0 Å². The minimum atomic E-state index is -3.78. The van der Waals surface area contributed by atoms with Gasteiger partial charge in [0, 0.05) is 23.7 Å². The molecule has 3 aromatic rings. The lowest BCUT2D eigenvalue weighted by Gasteiger charge is -2.10. The summed E-state index contributed by atoms with van der Waals surface area (Å²) in [6.07, 6.45) is 2.74. The number of nitrogens with zero attached hydrogens (tertiary/aromatic N) is 3. The number of hydrogen-bond acceptors (Lipinski definition) is 7. The molecule has 30 heavy (non-hydrogen) atoms. The molecule has 1 N–H and O–H groups in total. The van der Waals surface area contributed by atoms with Crippen LogP contribution < -0.4 is 4.72 Å². The number of aromatic nitrogens is 2. The fourth-order valence-electron chi connectivity index (χ4n) is 3.37. The van der Waals surface area contributed by atoms with E-state index in [9.17, 15) is 13.2 Å². The normalized spacial score (nSPS) is 14.3.